The van der Waals surface area contributed by atoms with Crippen molar-refractivity contribution in [2.45, 2.75) is 32.8 Å². The number of nitrogens with one attached hydrogen (secondary N) is 1. The highest BCUT2D eigenvalue weighted by Gasteiger charge is 2.14. The first-order valence-corrected chi connectivity index (χ1v) is 10.7. The molecule has 31 heavy (non-hydrogen) atoms. The molecule has 0 radical (unpaired) electrons. The molecule has 7 heteroatoms. The number of aliphatic hydroxyl groups is 1. The van der Waals surface area contributed by atoms with Crippen LogP contribution in [0.15, 0.2) is 54.7 Å². The summed E-state index contributed by atoms with van der Waals surface area (Å²) in [5, 5.41) is 18.5. The van der Waals surface area contributed by atoms with Crippen LogP contribution in [0.4, 0.5) is 5.69 Å². The van der Waals surface area contributed by atoms with Crippen molar-refractivity contribution >= 4 is 16.6 Å². The van der Waals surface area contributed by atoms with Gasteiger partial charge in [0.05, 0.1) is 29.7 Å². The second kappa shape index (κ2) is 9.68. The molecule has 0 atom stereocenters. The van der Waals surface area contributed by atoms with Crippen molar-refractivity contribution in [1.29, 1.82) is 0 Å². The van der Waals surface area contributed by atoms with E-state index >= 15 is 0 Å². The lowest BCUT2D eigenvalue weighted by Gasteiger charge is -2.11. The van der Waals surface area contributed by atoms with Gasteiger partial charge in [-0.15, -0.1) is 0 Å². The molecule has 0 aliphatic heterocycles. The first kappa shape index (κ1) is 21.0. The highest BCUT2D eigenvalue weighted by Crippen LogP contribution is 2.31. The molecule has 0 fully saturated rings. The van der Waals surface area contributed by atoms with E-state index in [9.17, 15) is 5.11 Å². The molecule has 0 saturated carbocycles. The van der Waals surface area contributed by atoms with Gasteiger partial charge < -0.3 is 16.2 Å². The quantitative estimate of drug-likeness (QED) is 0.360. The Balaban J connectivity index is 1.80. The van der Waals surface area contributed by atoms with Crippen molar-refractivity contribution in [3.05, 3.63) is 66.1 Å². The summed E-state index contributed by atoms with van der Waals surface area (Å²) < 4.78 is 1.81. The lowest BCUT2D eigenvalue weighted by atomic mass is 10.1. The van der Waals surface area contributed by atoms with E-state index < -0.39 is 0 Å². The molecule has 0 aliphatic rings. The third-order valence-electron chi connectivity index (χ3n) is 5.22. The molecular formula is C24H28N6O. The van der Waals surface area contributed by atoms with Crippen LogP contribution in [0.2, 0.25) is 0 Å². The molecule has 1 aromatic carbocycles. The van der Waals surface area contributed by atoms with Crippen LogP contribution in [0.1, 0.15) is 31.2 Å². The topological polar surface area (TPSA) is 102 Å². The van der Waals surface area contributed by atoms with Gasteiger partial charge in [-0.3, -0.25) is 4.98 Å². The van der Waals surface area contributed by atoms with Gasteiger partial charge in [-0.1, -0.05) is 12.1 Å². The van der Waals surface area contributed by atoms with Crippen molar-refractivity contribution in [1.82, 2.24) is 19.7 Å². The van der Waals surface area contributed by atoms with Crippen LogP contribution in [0.25, 0.3) is 28.0 Å². The number of aromatic nitrogens is 4. The number of pyridine rings is 2. The van der Waals surface area contributed by atoms with Crippen LogP contribution in [0, 0.1) is 0 Å². The first-order valence-electron chi connectivity index (χ1n) is 10.7. The normalized spacial score (nSPS) is 11.2. The molecule has 0 saturated heterocycles. The van der Waals surface area contributed by atoms with Crippen LogP contribution in [0.3, 0.4) is 0 Å². The van der Waals surface area contributed by atoms with Crippen molar-refractivity contribution in [3.63, 3.8) is 0 Å². The lowest BCUT2D eigenvalue weighted by molar-refractivity contribution is 0.276. The van der Waals surface area contributed by atoms with Gasteiger partial charge in [-0.05, 0) is 69.1 Å². The van der Waals surface area contributed by atoms with Gasteiger partial charge in [-0.2, -0.15) is 5.10 Å². The van der Waals surface area contributed by atoms with Gasteiger partial charge in [0.1, 0.15) is 0 Å². The fourth-order valence-electron chi connectivity index (χ4n) is 3.70. The zero-order chi connectivity index (χ0) is 21.6. The minimum Gasteiger partial charge on any atom is -0.390 e. The number of hydrogen-bond acceptors (Lipinski definition) is 6. The van der Waals surface area contributed by atoms with Crippen LogP contribution in [-0.4, -0.2) is 37.9 Å². The van der Waals surface area contributed by atoms with E-state index in [1.165, 1.54) is 0 Å². The predicted octanol–water partition coefficient (Wildman–Crippen LogP) is 3.69. The standard InChI is InChI=1S/C24H28N6O/c1-2-26-22-13-17(21-10-5-8-18(28-21)7-3-4-12-25)14-23-20(22)15-27-30(23)24-11-6-9-19(16-31)29-24/h5-6,8-11,13-15,26,31H,2-4,7,12,16,25H2,1H3. The number of rotatable bonds is 9. The Morgan fingerprint density at radius 2 is 1.87 bits per heavy atom. The van der Waals surface area contributed by atoms with E-state index in [-0.39, 0.29) is 6.61 Å². The van der Waals surface area contributed by atoms with Crippen LogP contribution < -0.4 is 11.1 Å². The second-order valence-electron chi connectivity index (χ2n) is 7.45. The number of unbranched alkanes of at least 4 members (excludes halogenated alkanes) is 1. The molecule has 7 nitrogen and oxygen atoms in total. The summed E-state index contributed by atoms with van der Waals surface area (Å²) in [5.74, 6) is 0.671. The van der Waals surface area contributed by atoms with Gasteiger partial charge in [0.2, 0.25) is 0 Å². The van der Waals surface area contributed by atoms with E-state index in [2.05, 4.69) is 46.6 Å². The van der Waals surface area contributed by atoms with Gasteiger partial charge in [-0.25, -0.2) is 9.67 Å². The SMILES string of the molecule is CCNc1cc(-c2cccc(CCCCN)n2)cc2c1cnn2-c1cccc(CO)n1. The van der Waals surface area contributed by atoms with Crippen LogP contribution in [-0.2, 0) is 13.0 Å². The Morgan fingerprint density at radius 1 is 1.03 bits per heavy atom. The molecular weight excluding hydrogens is 388 g/mol. The molecule has 0 unspecified atom stereocenters. The monoisotopic (exact) mass is 416 g/mol. The van der Waals surface area contributed by atoms with E-state index in [0.717, 1.165) is 59.3 Å². The molecule has 4 aromatic rings. The predicted molar refractivity (Wildman–Crippen MR) is 124 cm³/mol. The number of nitrogens with two attached hydrogens (primary N) is 1. The van der Waals surface area contributed by atoms with E-state index in [1.807, 2.05) is 29.1 Å². The van der Waals surface area contributed by atoms with Gasteiger partial charge >= 0.3 is 0 Å². The molecule has 160 valence electrons. The average molecular weight is 417 g/mol. The first-order chi connectivity index (χ1) is 15.2. The lowest BCUT2D eigenvalue weighted by Crippen LogP contribution is -2.03. The summed E-state index contributed by atoms with van der Waals surface area (Å²) in [6.07, 6.45) is 4.81. The highest BCUT2D eigenvalue weighted by molar-refractivity contribution is 5.96. The Morgan fingerprint density at radius 3 is 2.68 bits per heavy atom. The van der Waals surface area contributed by atoms with E-state index in [4.69, 9.17) is 10.7 Å². The summed E-state index contributed by atoms with van der Waals surface area (Å²) in [4.78, 5) is 9.41. The largest absolute Gasteiger partial charge is 0.390 e. The minimum absolute atomic E-state index is 0.109. The molecule has 3 aromatic heterocycles. The molecule has 0 aliphatic carbocycles. The number of anilines is 1. The van der Waals surface area contributed by atoms with Gasteiger partial charge in [0.15, 0.2) is 5.82 Å². The summed E-state index contributed by atoms with van der Waals surface area (Å²) in [6.45, 7) is 3.47. The van der Waals surface area contributed by atoms with Crippen molar-refractivity contribution in [3.8, 4) is 17.1 Å². The van der Waals surface area contributed by atoms with Gasteiger partial charge in [0.25, 0.3) is 0 Å². The maximum Gasteiger partial charge on any atom is 0.154 e. The average Bonchev–Trinajstić information content (AvgIpc) is 3.24. The number of fused-ring (bicyclic) bond motifs is 1. The smallest absolute Gasteiger partial charge is 0.154 e. The number of aryl methyl sites for hydroxylation is 1. The van der Waals surface area contributed by atoms with E-state index in [0.29, 0.717) is 18.1 Å². The maximum atomic E-state index is 9.47. The number of hydrogen-bond donors (Lipinski definition) is 3. The van der Waals surface area contributed by atoms with Crippen LogP contribution in [0.5, 0.6) is 0 Å². The fourth-order valence-corrected chi connectivity index (χ4v) is 3.70. The molecule has 4 rings (SSSR count). The number of aliphatic hydroxyl groups excluding tert-OH is 1. The Bertz CT molecular complexity index is 1170. The molecule has 0 bridgehead atoms. The van der Waals surface area contributed by atoms with Crippen molar-refractivity contribution < 1.29 is 5.11 Å². The second-order valence-corrected chi connectivity index (χ2v) is 7.45. The third-order valence-corrected chi connectivity index (χ3v) is 5.22. The third kappa shape index (κ3) is 4.57. The summed E-state index contributed by atoms with van der Waals surface area (Å²) in [7, 11) is 0. The van der Waals surface area contributed by atoms with Crippen molar-refractivity contribution in [2.75, 3.05) is 18.4 Å². The Labute approximate surface area is 182 Å². The zero-order valence-corrected chi connectivity index (χ0v) is 17.8. The van der Waals surface area contributed by atoms with E-state index in [1.54, 1.807) is 6.07 Å². The minimum atomic E-state index is -0.109. The molecule has 3 heterocycles. The molecule has 0 spiro atoms. The molecule has 4 N–H and O–H groups in total. The van der Waals surface area contributed by atoms with Crippen molar-refractivity contribution in [2.24, 2.45) is 5.73 Å². The highest BCUT2D eigenvalue weighted by atomic mass is 16.3. The zero-order valence-electron chi connectivity index (χ0n) is 17.8. The molecule has 0 amide bonds. The van der Waals surface area contributed by atoms with Crippen LogP contribution >= 0.6 is 0 Å². The summed E-state index contributed by atoms with van der Waals surface area (Å²) in [5.41, 5.74) is 11.2. The fraction of sp³-hybridized carbons (Fsp3) is 0.292. The Hall–Kier alpha value is -3.29. The number of benzene rings is 1. The summed E-state index contributed by atoms with van der Waals surface area (Å²) >= 11 is 0. The Kier molecular flexibility index (Phi) is 6.54. The van der Waals surface area contributed by atoms with Gasteiger partial charge in [0, 0.05) is 28.9 Å². The number of nitrogens with zero attached hydrogens (tertiary/aromatic N) is 4. The summed E-state index contributed by atoms with van der Waals surface area (Å²) in [6, 6.07) is 16.0. The maximum absolute atomic E-state index is 9.47.